The van der Waals surface area contributed by atoms with Crippen LogP contribution in [0.4, 0.5) is 5.69 Å². The molecule has 0 aliphatic heterocycles. The highest BCUT2D eigenvalue weighted by molar-refractivity contribution is 7.98. The number of carbonyl (C=O) groups is 1. The van der Waals surface area contributed by atoms with Gasteiger partial charge in [0.15, 0.2) is 11.7 Å². The number of aryl methyl sites for hydroxylation is 1. The SMILES string of the molecule is CSc1ccc(NC(=O)CCc2ncc(-c3ccccc3Cl)o2)cc1. The number of carbonyl (C=O) groups excluding carboxylic acids is 1. The molecule has 0 aliphatic rings. The van der Waals surface area contributed by atoms with Crippen LogP contribution in [-0.2, 0) is 11.2 Å². The molecule has 0 saturated carbocycles. The molecule has 25 heavy (non-hydrogen) atoms. The molecule has 6 heteroatoms. The van der Waals surface area contributed by atoms with Gasteiger partial charge in [0.25, 0.3) is 0 Å². The van der Waals surface area contributed by atoms with Crippen LogP contribution in [-0.4, -0.2) is 17.1 Å². The molecule has 0 fully saturated rings. The zero-order valence-electron chi connectivity index (χ0n) is 13.7. The molecule has 3 aromatic rings. The first kappa shape index (κ1) is 17.6. The van der Waals surface area contributed by atoms with E-state index in [-0.39, 0.29) is 5.91 Å². The Kier molecular flexibility index (Phi) is 5.79. The molecular weight excluding hydrogens is 356 g/mol. The number of anilines is 1. The molecule has 0 radical (unpaired) electrons. The minimum absolute atomic E-state index is 0.0746. The lowest BCUT2D eigenvalue weighted by Gasteiger charge is -2.05. The van der Waals surface area contributed by atoms with E-state index in [1.165, 1.54) is 0 Å². The third-order valence-electron chi connectivity index (χ3n) is 3.63. The average molecular weight is 373 g/mol. The van der Waals surface area contributed by atoms with Gasteiger partial charge < -0.3 is 9.73 Å². The molecule has 1 heterocycles. The Morgan fingerprint density at radius 2 is 1.96 bits per heavy atom. The number of hydrogen-bond donors (Lipinski definition) is 1. The number of hydrogen-bond acceptors (Lipinski definition) is 4. The van der Waals surface area contributed by atoms with Crippen molar-refractivity contribution in [3.8, 4) is 11.3 Å². The zero-order valence-corrected chi connectivity index (χ0v) is 15.2. The van der Waals surface area contributed by atoms with Crippen molar-refractivity contribution in [2.24, 2.45) is 0 Å². The maximum absolute atomic E-state index is 12.1. The van der Waals surface area contributed by atoms with Crippen LogP contribution in [0.5, 0.6) is 0 Å². The van der Waals surface area contributed by atoms with Crippen LogP contribution in [0.15, 0.2) is 64.0 Å². The zero-order chi connectivity index (χ0) is 17.6. The van der Waals surface area contributed by atoms with Gasteiger partial charge in [-0.25, -0.2) is 4.98 Å². The highest BCUT2D eigenvalue weighted by Crippen LogP contribution is 2.28. The molecule has 4 nitrogen and oxygen atoms in total. The van der Waals surface area contributed by atoms with Crippen molar-refractivity contribution in [1.82, 2.24) is 4.98 Å². The lowest BCUT2D eigenvalue weighted by molar-refractivity contribution is -0.116. The van der Waals surface area contributed by atoms with Crippen LogP contribution in [0.3, 0.4) is 0 Å². The van der Waals surface area contributed by atoms with Gasteiger partial charge in [0.2, 0.25) is 5.91 Å². The van der Waals surface area contributed by atoms with E-state index in [0.717, 1.165) is 16.1 Å². The Morgan fingerprint density at radius 1 is 1.20 bits per heavy atom. The lowest BCUT2D eigenvalue weighted by atomic mass is 10.2. The van der Waals surface area contributed by atoms with Crippen LogP contribution in [0.1, 0.15) is 12.3 Å². The van der Waals surface area contributed by atoms with Crippen molar-refractivity contribution in [3.05, 3.63) is 65.6 Å². The van der Waals surface area contributed by atoms with Gasteiger partial charge >= 0.3 is 0 Å². The van der Waals surface area contributed by atoms with Crippen molar-refractivity contribution in [3.63, 3.8) is 0 Å². The molecule has 0 atom stereocenters. The molecular formula is C19H17ClN2O2S. The van der Waals surface area contributed by atoms with Gasteiger partial charge in [0.1, 0.15) is 0 Å². The Balaban J connectivity index is 1.56. The van der Waals surface area contributed by atoms with E-state index in [1.54, 1.807) is 24.0 Å². The Morgan fingerprint density at radius 3 is 2.68 bits per heavy atom. The monoisotopic (exact) mass is 372 g/mol. The van der Waals surface area contributed by atoms with E-state index in [0.29, 0.717) is 29.5 Å². The van der Waals surface area contributed by atoms with E-state index in [2.05, 4.69) is 10.3 Å². The van der Waals surface area contributed by atoms with Crippen molar-refractivity contribution in [2.45, 2.75) is 17.7 Å². The summed E-state index contributed by atoms with van der Waals surface area (Å²) in [5.74, 6) is 1.05. The number of oxazole rings is 1. The van der Waals surface area contributed by atoms with Crippen LogP contribution in [0.2, 0.25) is 5.02 Å². The van der Waals surface area contributed by atoms with E-state index in [4.69, 9.17) is 16.0 Å². The third-order valence-corrected chi connectivity index (χ3v) is 4.71. The predicted octanol–water partition coefficient (Wildman–Crippen LogP) is 5.29. The second-order valence-corrected chi connectivity index (χ2v) is 6.66. The Hall–Kier alpha value is -2.24. The number of amides is 1. The fraction of sp³-hybridized carbons (Fsp3) is 0.158. The number of rotatable bonds is 6. The number of nitrogens with zero attached hydrogens (tertiary/aromatic N) is 1. The van der Waals surface area contributed by atoms with Gasteiger partial charge in [0.05, 0.1) is 11.2 Å². The molecule has 0 aliphatic carbocycles. The number of aromatic nitrogens is 1. The molecule has 2 aromatic carbocycles. The summed E-state index contributed by atoms with van der Waals surface area (Å²) in [4.78, 5) is 17.4. The first-order chi connectivity index (χ1) is 12.2. The highest BCUT2D eigenvalue weighted by Gasteiger charge is 2.11. The predicted molar refractivity (Wildman–Crippen MR) is 102 cm³/mol. The molecule has 0 unspecified atom stereocenters. The largest absolute Gasteiger partial charge is 0.441 e. The van der Waals surface area contributed by atoms with Crippen molar-refractivity contribution in [2.75, 3.05) is 11.6 Å². The summed E-state index contributed by atoms with van der Waals surface area (Å²) >= 11 is 7.82. The summed E-state index contributed by atoms with van der Waals surface area (Å²) in [6, 6.07) is 15.2. The smallest absolute Gasteiger partial charge is 0.224 e. The standard InChI is InChI=1S/C19H17ClN2O2S/c1-25-14-8-6-13(7-9-14)22-18(23)10-11-19-21-12-17(24-19)15-4-2-3-5-16(15)20/h2-9,12H,10-11H2,1H3,(H,22,23). The van der Waals surface area contributed by atoms with Crippen LogP contribution >= 0.6 is 23.4 Å². The van der Waals surface area contributed by atoms with Gasteiger partial charge in [-0.2, -0.15) is 0 Å². The minimum atomic E-state index is -0.0746. The number of benzene rings is 2. The van der Waals surface area contributed by atoms with Crippen LogP contribution < -0.4 is 5.32 Å². The van der Waals surface area contributed by atoms with E-state index >= 15 is 0 Å². The second kappa shape index (κ2) is 8.23. The minimum Gasteiger partial charge on any atom is -0.441 e. The molecule has 3 rings (SSSR count). The molecule has 0 bridgehead atoms. The summed E-state index contributed by atoms with van der Waals surface area (Å²) in [7, 11) is 0. The van der Waals surface area contributed by atoms with E-state index in [9.17, 15) is 4.79 Å². The van der Waals surface area contributed by atoms with Crippen molar-refractivity contribution in [1.29, 1.82) is 0 Å². The maximum atomic E-state index is 12.1. The first-order valence-corrected chi connectivity index (χ1v) is 9.39. The summed E-state index contributed by atoms with van der Waals surface area (Å²) < 4.78 is 5.70. The van der Waals surface area contributed by atoms with E-state index in [1.807, 2.05) is 48.7 Å². The Labute approximate surface area is 155 Å². The molecule has 1 amide bonds. The van der Waals surface area contributed by atoms with Crippen molar-refractivity contribution < 1.29 is 9.21 Å². The normalized spacial score (nSPS) is 10.6. The number of halogens is 1. The average Bonchev–Trinajstić information content (AvgIpc) is 3.10. The van der Waals surface area contributed by atoms with Crippen LogP contribution in [0, 0.1) is 0 Å². The lowest BCUT2D eigenvalue weighted by Crippen LogP contribution is -2.12. The quantitative estimate of drug-likeness (QED) is 0.597. The van der Waals surface area contributed by atoms with Gasteiger partial charge in [-0.05, 0) is 42.7 Å². The topological polar surface area (TPSA) is 55.1 Å². The Bertz CT molecular complexity index is 862. The molecule has 1 aromatic heterocycles. The molecule has 128 valence electrons. The third kappa shape index (κ3) is 4.65. The number of nitrogens with one attached hydrogen (secondary N) is 1. The van der Waals surface area contributed by atoms with Gasteiger partial charge in [-0.15, -0.1) is 11.8 Å². The summed E-state index contributed by atoms with van der Waals surface area (Å²) in [6.07, 6.45) is 4.38. The summed E-state index contributed by atoms with van der Waals surface area (Å²) in [5, 5.41) is 3.48. The maximum Gasteiger partial charge on any atom is 0.224 e. The van der Waals surface area contributed by atoms with Gasteiger partial charge in [0, 0.05) is 29.0 Å². The van der Waals surface area contributed by atoms with E-state index < -0.39 is 0 Å². The fourth-order valence-corrected chi connectivity index (χ4v) is 2.97. The summed E-state index contributed by atoms with van der Waals surface area (Å²) in [6.45, 7) is 0. The summed E-state index contributed by atoms with van der Waals surface area (Å²) in [5.41, 5.74) is 1.58. The highest BCUT2D eigenvalue weighted by atomic mass is 35.5. The molecule has 1 N–H and O–H groups in total. The van der Waals surface area contributed by atoms with Crippen molar-refractivity contribution >= 4 is 35.0 Å². The number of thioether (sulfide) groups is 1. The molecule has 0 saturated heterocycles. The van der Waals surface area contributed by atoms with Crippen LogP contribution in [0.25, 0.3) is 11.3 Å². The van der Waals surface area contributed by atoms with Gasteiger partial charge in [-0.1, -0.05) is 23.7 Å². The molecule has 0 spiro atoms. The fourth-order valence-electron chi connectivity index (χ4n) is 2.33. The van der Waals surface area contributed by atoms with Gasteiger partial charge in [-0.3, -0.25) is 4.79 Å². The second-order valence-electron chi connectivity index (χ2n) is 5.37. The first-order valence-electron chi connectivity index (χ1n) is 7.79.